The van der Waals surface area contributed by atoms with E-state index in [1.807, 2.05) is 17.0 Å². The van der Waals surface area contributed by atoms with Crippen LogP contribution in [0.25, 0.3) is 0 Å². The van der Waals surface area contributed by atoms with Gasteiger partial charge in [-0.1, -0.05) is 12.1 Å². The fourth-order valence-electron chi connectivity index (χ4n) is 6.11. The van der Waals surface area contributed by atoms with Gasteiger partial charge in [0.2, 0.25) is 11.7 Å². The van der Waals surface area contributed by atoms with Gasteiger partial charge >= 0.3 is 12.1 Å². The lowest BCUT2D eigenvalue weighted by atomic mass is 9.91. The summed E-state index contributed by atoms with van der Waals surface area (Å²) in [5.41, 5.74) is 1.59. The zero-order chi connectivity index (χ0) is 33.1. The van der Waals surface area contributed by atoms with E-state index in [0.717, 1.165) is 24.8 Å². The summed E-state index contributed by atoms with van der Waals surface area (Å²) < 4.78 is 46.4. The molecule has 46 heavy (non-hydrogen) atoms. The number of aromatic nitrogens is 2. The minimum Gasteiger partial charge on any atom is -0.469 e. The fourth-order valence-corrected chi connectivity index (χ4v) is 6.11. The van der Waals surface area contributed by atoms with Gasteiger partial charge in [-0.15, -0.1) is 0 Å². The van der Waals surface area contributed by atoms with Crippen molar-refractivity contribution >= 4 is 29.3 Å². The second-order valence-electron chi connectivity index (χ2n) is 11.9. The number of ketones is 1. The summed E-state index contributed by atoms with van der Waals surface area (Å²) in [4.78, 5) is 47.8. The SMILES string of the molecule is COC(=O)CCNC(=O)CCCC1CCN(c2cc(N3CCC[C@H]3C(=O)CCCc3ccc(C#N)cc3)nc(C(F)(F)F)n2)CC1. The minimum atomic E-state index is -4.74. The molecular weight excluding hydrogens is 601 g/mol. The summed E-state index contributed by atoms with van der Waals surface area (Å²) >= 11 is 0. The van der Waals surface area contributed by atoms with E-state index in [-0.39, 0.29) is 42.3 Å². The minimum absolute atomic E-state index is 0.0159. The van der Waals surface area contributed by atoms with Gasteiger partial charge in [0.05, 0.1) is 31.2 Å². The van der Waals surface area contributed by atoms with Crippen LogP contribution in [0.4, 0.5) is 24.8 Å². The van der Waals surface area contributed by atoms with Crippen molar-refractivity contribution in [1.29, 1.82) is 5.26 Å². The first kappa shape index (κ1) is 34.7. The van der Waals surface area contributed by atoms with Crippen LogP contribution in [0.3, 0.4) is 0 Å². The molecule has 0 radical (unpaired) electrons. The lowest BCUT2D eigenvalue weighted by molar-refractivity contribution is -0.145. The number of Topliss-reactive ketones (excluding diaryl/α,β-unsaturated/α-hetero) is 1. The molecule has 1 N–H and O–H groups in total. The predicted molar refractivity (Wildman–Crippen MR) is 165 cm³/mol. The number of esters is 1. The summed E-state index contributed by atoms with van der Waals surface area (Å²) in [6.45, 7) is 1.73. The molecular formula is C33H41F3N6O4. The Morgan fingerprint density at radius 2 is 1.72 bits per heavy atom. The van der Waals surface area contributed by atoms with Crippen molar-refractivity contribution in [2.24, 2.45) is 5.92 Å². The van der Waals surface area contributed by atoms with Gasteiger partial charge in [-0.2, -0.15) is 18.4 Å². The van der Waals surface area contributed by atoms with Crippen LogP contribution in [-0.2, 0) is 31.7 Å². The van der Waals surface area contributed by atoms with Crippen molar-refractivity contribution in [2.45, 2.75) is 82.8 Å². The molecule has 4 rings (SSSR count). The Hall–Kier alpha value is -4.21. The van der Waals surface area contributed by atoms with Crippen LogP contribution in [0.5, 0.6) is 0 Å². The number of hydrogen-bond donors (Lipinski definition) is 1. The van der Waals surface area contributed by atoms with Gasteiger partial charge in [0, 0.05) is 45.1 Å². The average molecular weight is 643 g/mol. The highest BCUT2D eigenvalue weighted by molar-refractivity contribution is 5.87. The summed E-state index contributed by atoms with van der Waals surface area (Å²) in [6.07, 6.45) is 1.57. The number of hydrogen-bond acceptors (Lipinski definition) is 9. The van der Waals surface area contributed by atoms with Crippen molar-refractivity contribution in [3.05, 3.63) is 47.3 Å². The normalized spacial score (nSPS) is 17.1. The highest BCUT2D eigenvalue weighted by atomic mass is 19.4. The van der Waals surface area contributed by atoms with Crippen LogP contribution in [0.15, 0.2) is 30.3 Å². The number of halogens is 3. The topological polar surface area (TPSA) is 129 Å². The first-order valence-electron chi connectivity index (χ1n) is 15.9. The molecule has 2 aliphatic heterocycles. The van der Waals surface area contributed by atoms with Gasteiger partial charge < -0.3 is 19.9 Å². The smallest absolute Gasteiger partial charge is 0.451 e. The van der Waals surface area contributed by atoms with Crippen molar-refractivity contribution < 1.29 is 32.3 Å². The third-order valence-corrected chi connectivity index (χ3v) is 8.68. The van der Waals surface area contributed by atoms with Crippen LogP contribution < -0.4 is 15.1 Å². The summed E-state index contributed by atoms with van der Waals surface area (Å²) in [5.74, 6) is -1.06. The number of rotatable bonds is 14. The number of methoxy groups -OCH3 is 1. The number of carbonyl (C=O) groups excluding carboxylic acids is 3. The van der Waals surface area contributed by atoms with E-state index in [1.165, 1.54) is 7.11 Å². The van der Waals surface area contributed by atoms with E-state index in [0.29, 0.717) is 76.1 Å². The number of carbonyl (C=O) groups is 3. The number of piperidine rings is 1. The number of aryl methyl sites for hydroxylation is 1. The number of alkyl halides is 3. The Kier molecular flexibility index (Phi) is 12.3. The van der Waals surface area contributed by atoms with E-state index < -0.39 is 18.0 Å². The molecule has 2 fully saturated rings. The summed E-state index contributed by atoms with van der Waals surface area (Å²) in [7, 11) is 1.30. The molecule has 3 heterocycles. The Labute approximate surface area is 267 Å². The average Bonchev–Trinajstić information content (AvgIpc) is 3.55. The maximum absolute atomic E-state index is 13.9. The lowest BCUT2D eigenvalue weighted by Gasteiger charge is -2.34. The van der Waals surface area contributed by atoms with Gasteiger partial charge in [0.15, 0.2) is 5.78 Å². The van der Waals surface area contributed by atoms with E-state index in [1.54, 1.807) is 23.1 Å². The van der Waals surface area contributed by atoms with Crippen LogP contribution in [0.1, 0.15) is 81.2 Å². The maximum atomic E-state index is 13.9. The number of benzene rings is 1. The van der Waals surface area contributed by atoms with Crippen LogP contribution in [0.2, 0.25) is 0 Å². The molecule has 2 aliphatic rings. The molecule has 0 aliphatic carbocycles. The third-order valence-electron chi connectivity index (χ3n) is 8.68. The van der Waals surface area contributed by atoms with Crippen LogP contribution in [-0.4, -0.2) is 67.0 Å². The molecule has 248 valence electrons. The second-order valence-corrected chi connectivity index (χ2v) is 11.9. The standard InChI is InChI=1S/C33H41F3N6O4/c1-46-31(45)14-17-38-30(44)9-3-6-24-15-19-41(20-16-24)28-21-29(40-32(39-28)33(34,35)36)42-18-4-7-26(42)27(43)8-2-5-23-10-12-25(22-37)13-11-23/h10-13,21,24,26H,2-9,14-20H2,1H3,(H,38,44)/t26-/m0/s1. The van der Waals surface area contributed by atoms with Gasteiger partial charge in [-0.05, 0) is 75.0 Å². The second kappa shape index (κ2) is 16.4. The molecule has 0 bridgehead atoms. The van der Waals surface area contributed by atoms with E-state index in [9.17, 15) is 27.6 Å². The van der Waals surface area contributed by atoms with Crippen molar-refractivity contribution in [3.63, 3.8) is 0 Å². The molecule has 1 aromatic carbocycles. The quantitative estimate of drug-likeness (QED) is 0.283. The maximum Gasteiger partial charge on any atom is 0.451 e. The fraction of sp³-hybridized carbons (Fsp3) is 0.576. The number of nitriles is 1. The Morgan fingerprint density at radius 3 is 2.39 bits per heavy atom. The summed E-state index contributed by atoms with van der Waals surface area (Å²) in [6, 6.07) is 10.3. The van der Waals surface area contributed by atoms with Crippen LogP contribution in [0, 0.1) is 17.2 Å². The number of anilines is 2. The van der Waals surface area contributed by atoms with Gasteiger partial charge in [-0.25, -0.2) is 9.97 Å². The van der Waals surface area contributed by atoms with Crippen molar-refractivity contribution in [2.75, 3.05) is 43.1 Å². The molecule has 10 nitrogen and oxygen atoms in total. The summed E-state index contributed by atoms with van der Waals surface area (Å²) in [5, 5.41) is 11.7. The van der Waals surface area contributed by atoms with Gasteiger partial charge in [-0.3, -0.25) is 14.4 Å². The van der Waals surface area contributed by atoms with E-state index >= 15 is 0 Å². The molecule has 2 aromatic rings. The monoisotopic (exact) mass is 642 g/mol. The first-order chi connectivity index (χ1) is 22.1. The molecule has 2 saturated heterocycles. The van der Waals surface area contributed by atoms with Crippen molar-refractivity contribution in [1.82, 2.24) is 15.3 Å². The van der Waals surface area contributed by atoms with E-state index in [2.05, 4.69) is 26.1 Å². The Morgan fingerprint density at radius 1 is 1.00 bits per heavy atom. The molecule has 0 unspecified atom stereocenters. The number of nitrogens with zero attached hydrogens (tertiary/aromatic N) is 5. The van der Waals surface area contributed by atoms with Gasteiger partial charge in [0.25, 0.3) is 0 Å². The van der Waals surface area contributed by atoms with Crippen molar-refractivity contribution in [3.8, 4) is 6.07 Å². The number of amides is 1. The molecule has 13 heteroatoms. The highest BCUT2D eigenvalue weighted by Gasteiger charge is 2.38. The molecule has 1 aromatic heterocycles. The van der Waals surface area contributed by atoms with Crippen LogP contribution >= 0.6 is 0 Å². The Balaban J connectivity index is 1.32. The van der Waals surface area contributed by atoms with Gasteiger partial charge in [0.1, 0.15) is 11.6 Å². The number of nitrogens with one attached hydrogen (secondary N) is 1. The zero-order valence-corrected chi connectivity index (χ0v) is 26.2. The molecule has 0 spiro atoms. The largest absolute Gasteiger partial charge is 0.469 e. The zero-order valence-electron chi connectivity index (χ0n) is 26.2. The van der Waals surface area contributed by atoms with E-state index in [4.69, 9.17) is 5.26 Å². The lowest BCUT2D eigenvalue weighted by Crippen LogP contribution is -2.38. The number of ether oxygens (including phenoxy) is 1. The first-order valence-corrected chi connectivity index (χ1v) is 15.9. The Bertz CT molecular complexity index is 1390. The third kappa shape index (κ3) is 9.89. The molecule has 1 atom stereocenters. The molecule has 0 saturated carbocycles. The predicted octanol–water partition coefficient (Wildman–Crippen LogP) is 4.99. The molecule has 1 amide bonds. The highest BCUT2D eigenvalue weighted by Crippen LogP contribution is 2.34.